The summed E-state index contributed by atoms with van der Waals surface area (Å²) in [4.78, 5) is 4.35. The summed E-state index contributed by atoms with van der Waals surface area (Å²) in [6.45, 7) is 5.83. The third kappa shape index (κ3) is 2.68. The highest BCUT2D eigenvalue weighted by molar-refractivity contribution is 5.95. The van der Waals surface area contributed by atoms with Crippen molar-refractivity contribution in [3.63, 3.8) is 0 Å². The highest BCUT2D eigenvalue weighted by atomic mass is 16.3. The highest BCUT2D eigenvalue weighted by Crippen LogP contribution is 2.33. The molecule has 0 saturated carbocycles. The van der Waals surface area contributed by atoms with Crippen LogP contribution < -0.4 is 0 Å². The fourth-order valence-corrected chi connectivity index (χ4v) is 2.54. The number of rotatable bonds is 2. The number of hydrogen-bond donors (Lipinski definition) is 1. The van der Waals surface area contributed by atoms with Crippen LogP contribution in [0.15, 0.2) is 52.7 Å². The first-order valence-electron chi connectivity index (χ1n) is 7.13. The van der Waals surface area contributed by atoms with E-state index in [0.717, 1.165) is 27.6 Å². The lowest BCUT2D eigenvalue weighted by Crippen LogP contribution is -1.85. The van der Waals surface area contributed by atoms with E-state index in [-0.39, 0.29) is 5.75 Å². The molecule has 1 heterocycles. The molecule has 0 saturated heterocycles. The SMILES string of the molecule is Cc1cc(C)cc(N=Nc2nc(C)c(O)c3ccccc23)c1. The van der Waals surface area contributed by atoms with Gasteiger partial charge in [-0.25, -0.2) is 4.98 Å². The van der Waals surface area contributed by atoms with Crippen LogP contribution in [0.1, 0.15) is 16.8 Å². The zero-order chi connectivity index (χ0) is 15.7. The van der Waals surface area contributed by atoms with Gasteiger partial charge >= 0.3 is 0 Å². The molecule has 0 aliphatic carbocycles. The van der Waals surface area contributed by atoms with Crippen LogP contribution in [-0.2, 0) is 0 Å². The van der Waals surface area contributed by atoms with Crippen molar-refractivity contribution < 1.29 is 5.11 Å². The number of hydrogen-bond acceptors (Lipinski definition) is 4. The molecule has 1 aromatic heterocycles. The molecule has 4 nitrogen and oxygen atoms in total. The van der Waals surface area contributed by atoms with Crippen molar-refractivity contribution in [2.24, 2.45) is 10.2 Å². The predicted octanol–water partition coefficient (Wildman–Crippen LogP) is 5.28. The Kier molecular flexibility index (Phi) is 3.59. The fourth-order valence-electron chi connectivity index (χ4n) is 2.54. The number of nitrogens with zero attached hydrogens (tertiary/aromatic N) is 3. The van der Waals surface area contributed by atoms with Gasteiger partial charge in [0.15, 0.2) is 5.82 Å². The van der Waals surface area contributed by atoms with Crippen molar-refractivity contribution in [2.75, 3.05) is 0 Å². The molecular weight excluding hydrogens is 274 g/mol. The van der Waals surface area contributed by atoms with Gasteiger partial charge in [0.25, 0.3) is 0 Å². The normalized spacial score (nSPS) is 11.4. The zero-order valence-electron chi connectivity index (χ0n) is 12.8. The number of fused-ring (bicyclic) bond motifs is 1. The van der Waals surface area contributed by atoms with Crippen LogP contribution in [-0.4, -0.2) is 10.1 Å². The van der Waals surface area contributed by atoms with E-state index < -0.39 is 0 Å². The van der Waals surface area contributed by atoms with E-state index in [0.29, 0.717) is 11.5 Å². The summed E-state index contributed by atoms with van der Waals surface area (Å²) < 4.78 is 0. The van der Waals surface area contributed by atoms with Crippen molar-refractivity contribution in [1.82, 2.24) is 4.98 Å². The Morgan fingerprint density at radius 3 is 2.18 bits per heavy atom. The summed E-state index contributed by atoms with van der Waals surface area (Å²) in [5, 5.41) is 20.2. The first-order chi connectivity index (χ1) is 10.5. The van der Waals surface area contributed by atoms with Crippen molar-refractivity contribution >= 4 is 22.3 Å². The van der Waals surface area contributed by atoms with Crippen LogP contribution in [0.2, 0.25) is 0 Å². The maximum Gasteiger partial charge on any atom is 0.182 e. The Morgan fingerprint density at radius 1 is 0.864 bits per heavy atom. The predicted molar refractivity (Wildman–Crippen MR) is 88.2 cm³/mol. The molecule has 22 heavy (non-hydrogen) atoms. The van der Waals surface area contributed by atoms with Crippen molar-refractivity contribution in [1.29, 1.82) is 0 Å². The molecule has 0 unspecified atom stereocenters. The molecule has 0 atom stereocenters. The van der Waals surface area contributed by atoms with E-state index in [1.165, 1.54) is 0 Å². The Morgan fingerprint density at radius 2 is 1.50 bits per heavy atom. The first-order valence-corrected chi connectivity index (χ1v) is 7.13. The molecule has 0 aliphatic heterocycles. The van der Waals surface area contributed by atoms with E-state index in [4.69, 9.17) is 0 Å². The zero-order valence-corrected chi connectivity index (χ0v) is 12.8. The summed E-state index contributed by atoms with van der Waals surface area (Å²) in [7, 11) is 0. The lowest BCUT2D eigenvalue weighted by molar-refractivity contribution is 0.474. The molecular formula is C18H17N3O. The molecule has 0 bridgehead atoms. The second kappa shape index (κ2) is 5.56. The van der Waals surface area contributed by atoms with Gasteiger partial charge in [-0.2, -0.15) is 0 Å². The van der Waals surface area contributed by atoms with Gasteiger partial charge in [0, 0.05) is 10.8 Å². The van der Waals surface area contributed by atoms with Gasteiger partial charge in [-0.15, -0.1) is 10.2 Å². The smallest absolute Gasteiger partial charge is 0.182 e. The molecule has 2 aromatic carbocycles. The molecule has 1 N–H and O–H groups in total. The minimum Gasteiger partial charge on any atom is -0.505 e. The van der Waals surface area contributed by atoms with Gasteiger partial charge in [0.2, 0.25) is 0 Å². The van der Waals surface area contributed by atoms with Gasteiger partial charge in [0.1, 0.15) is 5.75 Å². The molecule has 0 aliphatic rings. The summed E-state index contributed by atoms with van der Waals surface area (Å²) in [6, 6.07) is 13.6. The van der Waals surface area contributed by atoms with Crippen LogP contribution in [0.4, 0.5) is 11.5 Å². The lowest BCUT2D eigenvalue weighted by Gasteiger charge is -2.06. The topological polar surface area (TPSA) is 57.8 Å². The molecule has 0 fully saturated rings. The van der Waals surface area contributed by atoms with Crippen LogP contribution in [0, 0.1) is 20.8 Å². The summed E-state index contributed by atoms with van der Waals surface area (Å²) >= 11 is 0. The largest absolute Gasteiger partial charge is 0.505 e. The van der Waals surface area contributed by atoms with Crippen molar-refractivity contribution in [2.45, 2.75) is 20.8 Å². The standard InChI is InChI=1S/C18H17N3O/c1-11-8-12(2)10-14(9-11)20-21-18-16-7-5-4-6-15(16)17(22)13(3)19-18/h4-10,22H,1-3H3. The Labute approximate surface area is 129 Å². The molecule has 3 rings (SSSR count). The molecule has 0 radical (unpaired) electrons. The molecule has 3 aromatic rings. The van der Waals surface area contributed by atoms with Crippen LogP contribution >= 0.6 is 0 Å². The Bertz CT molecular complexity index is 865. The van der Waals surface area contributed by atoms with E-state index in [9.17, 15) is 5.11 Å². The Hall–Kier alpha value is -2.75. The quantitative estimate of drug-likeness (QED) is 0.653. The van der Waals surface area contributed by atoms with Crippen LogP contribution in [0.5, 0.6) is 5.75 Å². The van der Waals surface area contributed by atoms with Gasteiger partial charge in [-0.3, -0.25) is 0 Å². The summed E-state index contributed by atoms with van der Waals surface area (Å²) in [6.07, 6.45) is 0. The van der Waals surface area contributed by atoms with Gasteiger partial charge < -0.3 is 5.11 Å². The van der Waals surface area contributed by atoms with Gasteiger partial charge in [-0.1, -0.05) is 30.3 Å². The monoisotopic (exact) mass is 291 g/mol. The highest BCUT2D eigenvalue weighted by Gasteiger charge is 2.09. The van der Waals surface area contributed by atoms with Crippen LogP contribution in [0.25, 0.3) is 10.8 Å². The van der Waals surface area contributed by atoms with Crippen LogP contribution in [0.3, 0.4) is 0 Å². The lowest BCUT2D eigenvalue weighted by atomic mass is 10.1. The second-order valence-electron chi connectivity index (χ2n) is 5.46. The molecule has 110 valence electrons. The molecule has 0 spiro atoms. The number of aromatic hydroxyl groups is 1. The third-order valence-corrected chi connectivity index (χ3v) is 3.51. The number of aryl methyl sites for hydroxylation is 3. The maximum absolute atomic E-state index is 10.1. The molecule has 4 heteroatoms. The van der Waals surface area contributed by atoms with E-state index in [1.54, 1.807) is 6.92 Å². The third-order valence-electron chi connectivity index (χ3n) is 3.51. The van der Waals surface area contributed by atoms with Gasteiger partial charge in [0.05, 0.1) is 11.4 Å². The van der Waals surface area contributed by atoms with E-state index >= 15 is 0 Å². The van der Waals surface area contributed by atoms with Crippen molar-refractivity contribution in [3.05, 3.63) is 59.3 Å². The number of azo groups is 1. The molecule has 0 amide bonds. The number of benzene rings is 2. The van der Waals surface area contributed by atoms with E-state index in [1.807, 2.05) is 50.2 Å². The summed E-state index contributed by atoms with van der Waals surface area (Å²) in [5.41, 5.74) is 3.64. The Balaban J connectivity index is 2.11. The minimum absolute atomic E-state index is 0.195. The van der Waals surface area contributed by atoms with Crippen molar-refractivity contribution in [3.8, 4) is 5.75 Å². The maximum atomic E-state index is 10.1. The number of pyridine rings is 1. The fraction of sp³-hybridized carbons (Fsp3) is 0.167. The number of aromatic nitrogens is 1. The second-order valence-corrected chi connectivity index (χ2v) is 5.46. The van der Waals surface area contributed by atoms with Gasteiger partial charge in [-0.05, 0) is 44.0 Å². The first kappa shape index (κ1) is 14.2. The average Bonchev–Trinajstić information content (AvgIpc) is 2.49. The average molecular weight is 291 g/mol. The minimum atomic E-state index is 0.195. The summed E-state index contributed by atoms with van der Waals surface area (Å²) in [5.74, 6) is 0.714. The van der Waals surface area contributed by atoms with E-state index in [2.05, 4.69) is 21.3 Å².